The smallest absolute Gasteiger partial charge is 0.307 e. The molecule has 1 aromatic heterocycles. The minimum atomic E-state index is -0.765. The number of aliphatic hydroxyl groups excluding tert-OH is 1. The third-order valence-electron chi connectivity index (χ3n) is 3.87. The fourth-order valence-electron chi connectivity index (χ4n) is 2.48. The fraction of sp³-hybridized carbons (Fsp3) is 0.211. The summed E-state index contributed by atoms with van der Waals surface area (Å²) in [7, 11) is 1.58. The Balaban J connectivity index is 1.58. The molecular formula is C19H19NO5S. The largest absolute Gasteiger partial charge is 0.497 e. The van der Waals surface area contributed by atoms with Gasteiger partial charge in [-0.25, -0.2) is 0 Å². The zero-order valence-electron chi connectivity index (χ0n) is 14.1. The maximum absolute atomic E-state index is 11.2. The normalized spacial score (nSPS) is 11.9. The minimum absolute atomic E-state index is 0.0817. The molecule has 7 heteroatoms. The molecule has 0 aliphatic rings. The highest BCUT2D eigenvalue weighted by atomic mass is 32.1. The van der Waals surface area contributed by atoms with Gasteiger partial charge in [0, 0.05) is 6.42 Å². The molecule has 0 radical (unpaired) electrons. The Morgan fingerprint density at radius 3 is 2.58 bits per heavy atom. The highest BCUT2D eigenvalue weighted by Crippen LogP contribution is 2.23. The number of aromatic nitrogens is 1. The Hall–Kier alpha value is -2.77. The van der Waals surface area contributed by atoms with Crippen LogP contribution in [0.3, 0.4) is 0 Å². The quantitative estimate of drug-likeness (QED) is 0.592. The summed E-state index contributed by atoms with van der Waals surface area (Å²) in [5.74, 6) is 1.23. The molecule has 3 N–H and O–H groups in total. The molecule has 6 nitrogen and oxygen atoms in total. The van der Waals surface area contributed by atoms with Crippen LogP contribution in [0, 0.1) is 0 Å². The van der Waals surface area contributed by atoms with Gasteiger partial charge in [0.2, 0.25) is 5.88 Å². The number of ether oxygens (including phenoxy) is 2. The van der Waals surface area contributed by atoms with Crippen molar-refractivity contribution in [3.63, 3.8) is 0 Å². The third kappa shape index (κ3) is 4.44. The van der Waals surface area contributed by atoms with E-state index in [4.69, 9.17) is 9.47 Å². The molecule has 0 aliphatic heterocycles. The van der Waals surface area contributed by atoms with Gasteiger partial charge < -0.3 is 19.7 Å². The summed E-state index contributed by atoms with van der Waals surface area (Å²) in [6, 6.07) is 14.5. The second kappa shape index (κ2) is 8.07. The Morgan fingerprint density at radius 1 is 1.15 bits per heavy atom. The first kappa shape index (κ1) is 18.0. The molecule has 0 spiro atoms. The van der Waals surface area contributed by atoms with Crippen molar-refractivity contribution < 1.29 is 19.7 Å². The lowest BCUT2D eigenvalue weighted by atomic mass is 10.1. The number of thiazole rings is 1. The van der Waals surface area contributed by atoms with Crippen LogP contribution in [-0.4, -0.2) is 28.9 Å². The number of methoxy groups -OCH3 is 1. The van der Waals surface area contributed by atoms with Crippen LogP contribution in [0.1, 0.15) is 22.1 Å². The number of rotatable bonds is 7. The van der Waals surface area contributed by atoms with Gasteiger partial charge in [-0.3, -0.25) is 9.78 Å². The van der Waals surface area contributed by atoms with Gasteiger partial charge in [-0.05, 0) is 35.4 Å². The van der Waals surface area contributed by atoms with Crippen molar-refractivity contribution in [2.24, 2.45) is 0 Å². The third-order valence-corrected chi connectivity index (χ3v) is 4.75. The Kier molecular flexibility index (Phi) is 5.60. The van der Waals surface area contributed by atoms with E-state index in [1.807, 2.05) is 30.3 Å². The van der Waals surface area contributed by atoms with Crippen molar-refractivity contribution >= 4 is 11.3 Å². The van der Waals surface area contributed by atoms with E-state index in [9.17, 15) is 15.0 Å². The first-order chi connectivity index (χ1) is 12.5. The van der Waals surface area contributed by atoms with Crippen LogP contribution in [0.4, 0.5) is 0 Å². The maximum Gasteiger partial charge on any atom is 0.307 e. The van der Waals surface area contributed by atoms with Gasteiger partial charge in [-0.15, -0.1) is 0 Å². The van der Waals surface area contributed by atoms with E-state index in [0.717, 1.165) is 22.5 Å². The van der Waals surface area contributed by atoms with Gasteiger partial charge in [0.05, 0.1) is 12.0 Å². The Labute approximate surface area is 154 Å². The molecule has 2 aromatic carbocycles. The first-order valence-electron chi connectivity index (χ1n) is 8.00. The molecule has 0 saturated heterocycles. The molecule has 3 rings (SSSR count). The summed E-state index contributed by atoms with van der Waals surface area (Å²) in [4.78, 5) is 13.9. The number of benzene rings is 2. The van der Waals surface area contributed by atoms with E-state index >= 15 is 0 Å². The average Bonchev–Trinajstić information content (AvgIpc) is 2.97. The van der Waals surface area contributed by atoms with E-state index in [1.165, 1.54) is 0 Å². The Bertz CT molecular complexity index is 916. The van der Waals surface area contributed by atoms with Crippen molar-refractivity contribution in [3.8, 4) is 17.4 Å². The van der Waals surface area contributed by atoms with Crippen LogP contribution in [0.5, 0.6) is 17.4 Å². The molecule has 0 bridgehead atoms. The molecule has 0 unspecified atom stereocenters. The van der Waals surface area contributed by atoms with Crippen LogP contribution in [0.15, 0.2) is 53.3 Å². The Morgan fingerprint density at radius 2 is 1.92 bits per heavy atom. The minimum Gasteiger partial charge on any atom is -0.497 e. The van der Waals surface area contributed by atoms with Crippen LogP contribution in [0.25, 0.3) is 0 Å². The number of hydrogen-bond donors (Lipinski definition) is 3. The average molecular weight is 373 g/mol. The van der Waals surface area contributed by atoms with Gasteiger partial charge in [-0.1, -0.05) is 35.6 Å². The molecule has 1 atom stereocenters. The van der Waals surface area contributed by atoms with Crippen LogP contribution >= 0.6 is 11.3 Å². The van der Waals surface area contributed by atoms with Gasteiger partial charge in [0.1, 0.15) is 24.2 Å². The van der Waals surface area contributed by atoms with Crippen molar-refractivity contribution in [2.45, 2.75) is 12.5 Å². The number of aliphatic hydroxyl groups is 1. The number of aromatic hydroxyl groups is 1. The molecule has 26 heavy (non-hydrogen) atoms. The van der Waals surface area contributed by atoms with E-state index in [1.54, 1.807) is 25.3 Å². The molecule has 136 valence electrons. The topological polar surface area (TPSA) is 91.8 Å². The summed E-state index contributed by atoms with van der Waals surface area (Å²) in [6.45, 7) is 0.118. The second-order valence-corrected chi connectivity index (χ2v) is 6.78. The van der Waals surface area contributed by atoms with Crippen LogP contribution in [0.2, 0.25) is 0 Å². The zero-order chi connectivity index (χ0) is 18.5. The van der Waals surface area contributed by atoms with Gasteiger partial charge >= 0.3 is 4.87 Å². The standard InChI is InChI=1S/C19H19NO5S/c1-24-15-4-2-3-13(10-15)16(21)11-25-14-7-5-12(6-8-14)9-17-18(22)20-19(23)26-17/h2-8,10,16,21-22H,9,11H2,1H3,(H,20,23)/t16-/m1/s1. The van der Waals surface area contributed by atoms with E-state index in [0.29, 0.717) is 22.8 Å². The zero-order valence-corrected chi connectivity index (χ0v) is 15.0. The molecule has 3 aromatic rings. The van der Waals surface area contributed by atoms with E-state index < -0.39 is 6.10 Å². The lowest BCUT2D eigenvalue weighted by Gasteiger charge is -2.14. The van der Waals surface area contributed by atoms with Crippen molar-refractivity contribution in [2.75, 3.05) is 13.7 Å². The molecule has 1 heterocycles. The van der Waals surface area contributed by atoms with Gasteiger partial charge in [0.25, 0.3) is 0 Å². The fourth-order valence-corrected chi connectivity index (χ4v) is 3.24. The van der Waals surface area contributed by atoms with Gasteiger partial charge in [0.15, 0.2) is 0 Å². The molecule has 0 aliphatic carbocycles. The summed E-state index contributed by atoms with van der Waals surface area (Å²) in [5, 5.41) is 19.9. The number of aromatic amines is 1. The van der Waals surface area contributed by atoms with Crippen LogP contribution in [-0.2, 0) is 6.42 Å². The predicted molar refractivity (Wildman–Crippen MR) is 99.3 cm³/mol. The lowest BCUT2D eigenvalue weighted by molar-refractivity contribution is 0.108. The molecule has 0 amide bonds. The van der Waals surface area contributed by atoms with Crippen molar-refractivity contribution in [3.05, 3.63) is 74.2 Å². The molecule has 0 fully saturated rings. The van der Waals surface area contributed by atoms with Crippen LogP contribution < -0.4 is 14.3 Å². The van der Waals surface area contributed by atoms with E-state index in [2.05, 4.69) is 4.98 Å². The molecular weight excluding hydrogens is 354 g/mol. The van der Waals surface area contributed by atoms with Crippen molar-refractivity contribution in [1.29, 1.82) is 0 Å². The summed E-state index contributed by atoms with van der Waals surface area (Å²) < 4.78 is 10.8. The number of hydrogen-bond acceptors (Lipinski definition) is 6. The number of H-pyrrole nitrogens is 1. The number of nitrogens with one attached hydrogen (secondary N) is 1. The SMILES string of the molecule is COc1cccc([C@H](O)COc2ccc(Cc3sc(=O)[nH]c3O)cc2)c1. The lowest BCUT2D eigenvalue weighted by Crippen LogP contribution is -2.09. The maximum atomic E-state index is 11.2. The van der Waals surface area contributed by atoms with Crippen molar-refractivity contribution in [1.82, 2.24) is 4.98 Å². The predicted octanol–water partition coefficient (Wildman–Crippen LogP) is 2.85. The highest BCUT2D eigenvalue weighted by molar-refractivity contribution is 7.09. The summed E-state index contributed by atoms with van der Waals surface area (Å²) in [6.07, 6.45) is -0.305. The highest BCUT2D eigenvalue weighted by Gasteiger charge is 2.10. The van der Waals surface area contributed by atoms with E-state index in [-0.39, 0.29) is 17.4 Å². The van der Waals surface area contributed by atoms with Gasteiger partial charge in [-0.2, -0.15) is 0 Å². The molecule has 0 saturated carbocycles. The first-order valence-corrected chi connectivity index (χ1v) is 8.81. The second-order valence-electron chi connectivity index (χ2n) is 5.71. The summed E-state index contributed by atoms with van der Waals surface area (Å²) in [5.41, 5.74) is 1.66. The summed E-state index contributed by atoms with van der Waals surface area (Å²) >= 11 is 0.992. The monoisotopic (exact) mass is 373 g/mol.